The summed E-state index contributed by atoms with van der Waals surface area (Å²) >= 11 is 0. The summed E-state index contributed by atoms with van der Waals surface area (Å²) in [6.45, 7) is 6.52. The number of piperazine rings is 1. The van der Waals surface area contributed by atoms with E-state index in [9.17, 15) is 0 Å². The molecule has 0 radical (unpaired) electrons. The molecule has 0 amide bonds. The second-order valence-corrected chi connectivity index (χ2v) is 4.19. The van der Waals surface area contributed by atoms with Gasteiger partial charge in [0.15, 0.2) is 0 Å². The Kier molecular flexibility index (Phi) is 3.74. The van der Waals surface area contributed by atoms with E-state index in [0.717, 1.165) is 32.6 Å². The largest absolute Gasteiger partial charge is 0.383 e. The highest BCUT2D eigenvalue weighted by Crippen LogP contribution is 2.27. The molecule has 0 unspecified atom stereocenters. The minimum absolute atomic E-state index is 0.413. The Morgan fingerprint density at radius 3 is 2.88 bits per heavy atom. The predicted molar refractivity (Wildman–Crippen MR) is 66.1 cm³/mol. The van der Waals surface area contributed by atoms with Crippen molar-refractivity contribution in [1.82, 2.24) is 15.2 Å². The Bertz CT molecular complexity index is 334. The molecule has 4 nitrogen and oxygen atoms in total. The van der Waals surface area contributed by atoms with Gasteiger partial charge in [-0.15, -0.1) is 0 Å². The van der Waals surface area contributed by atoms with E-state index < -0.39 is 0 Å². The van der Waals surface area contributed by atoms with E-state index in [4.69, 9.17) is 5.73 Å². The maximum Gasteiger partial charge on any atom is 0.128 e. The van der Waals surface area contributed by atoms with Crippen LogP contribution in [0.15, 0.2) is 18.3 Å². The van der Waals surface area contributed by atoms with Crippen molar-refractivity contribution in [2.45, 2.75) is 19.4 Å². The minimum atomic E-state index is 0.413. The Hall–Kier alpha value is -1.13. The van der Waals surface area contributed by atoms with Gasteiger partial charge in [0, 0.05) is 44.0 Å². The van der Waals surface area contributed by atoms with Crippen LogP contribution in [-0.2, 0) is 0 Å². The summed E-state index contributed by atoms with van der Waals surface area (Å²) in [6.07, 6.45) is 2.83. The van der Waals surface area contributed by atoms with E-state index in [1.54, 1.807) is 6.20 Å². The lowest BCUT2D eigenvalue weighted by Gasteiger charge is -2.34. The molecule has 1 aromatic heterocycles. The van der Waals surface area contributed by atoms with Gasteiger partial charge in [-0.25, -0.2) is 4.98 Å². The molecule has 1 aliphatic heterocycles. The molecule has 1 aromatic rings. The zero-order valence-corrected chi connectivity index (χ0v) is 9.82. The van der Waals surface area contributed by atoms with Crippen molar-refractivity contribution >= 4 is 5.82 Å². The lowest BCUT2D eigenvalue weighted by atomic mass is 10.0. The van der Waals surface area contributed by atoms with Crippen molar-refractivity contribution < 1.29 is 0 Å². The number of nitrogen functional groups attached to an aromatic ring is 1. The van der Waals surface area contributed by atoms with Crippen molar-refractivity contribution in [3.8, 4) is 0 Å². The van der Waals surface area contributed by atoms with E-state index in [0.29, 0.717) is 11.9 Å². The van der Waals surface area contributed by atoms with Crippen molar-refractivity contribution in [3.05, 3.63) is 23.9 Å². The lowest BCUT2D eigenvalue weighted by Crippen LogP contribution is -2.45. The topological polar surface area (TPSA) is 54.2 Å². The molecular weight excluding hydrogens is 200 g/mol. The van der Waals surface area contributed by atoms with E-state index >= 15 is 0 Å². The zero-order valence-electron chi connectivity index (χ0n) is 9.82. The summed E-state index contributed by atoms with van der Waals surface area (Å²) in [7, 11) is 0. The third-order valence-corrected chi connectivity index (χ3v) is 3.21. The van der Waals surface area contributed by atoms with Crippen LogP contribution in [0.3, 0.4) is 0 Å². The van der Waals surface area contributed by atoms with E-state index in [1.807, 2.05) is 6.07 Å². The van der Waals surface area contributed by atoms with Crippen LogP contribution in [0, 0.1) is 0 Å². The standard InChI is InChI=1S/C12H20N4/c1-2-11(16-8-6-14-7-9-16)10-4-3-5-15-12(10)13/h3-5,11,14H,2,6-9H2,1H3,(H2,13,15)/t11-/m1/s1. The first kappa shape index (κ1) is 11.4. The molecule has 2 rings (SSSR count). The van der Waals surface area contributed by atoms with Crippen molar-refractivity contribution in [3.63, 3.8) is 0 Å². The van der Waals surface area contributed by atoms with Crippen LogP contribution in [0.2, 0.25) is 0 Å². The smallest absolute Gasteiger partial charge is 0.128 e. The van der Waals surface area contributed by atoms with Crippen LogP contribution in [0.5, 0.6) is 0 Å². The Morgan fingerprint density at radius 1 is 1.50 bits per heavy atom. The van der Waals surface area contributed by atoms with Gasteiger partial charge in [-0.05, 0) is 12.5 Å². The van der Waals surface area contributed by atoms with Crippen molar-refractivity contribution in [2.75, 3.05) is 31.9 Å². The third-order valence-electron chi connectivity index (χ3n) is 3.21. The molecule has 0 saturated carbocycles. The van der Waals surface area contributed by atoms with Crippen molar-refractivity contribution in [1.29, 1.82) is 0 Å². The van der Waals surface area contributed by atoms with Crippen molar-refractivity contribution in [2.24, 2.45) is 0 Å². The van der Waals surface area contributed by atoms with Gasteiger partial charge < -0.3 is 11.1 Å². The average molecular weight is 220 g/mol. The fraction of sp³-hybridized carbons (Fsp3) is 0.583. The molecule has 88 valence electrons. The maximum atomic E-state index is 5.95. The van der Waals surface area contributed by atoms with E-state index in [1.165, 1.54) is 5.56 Å². The highest BCUT2D eigenvalue weighted by Gasteiger charge is 2.22. The van der Waals surface area contributed by atoms with E-state index in [2.05, 4.69) is 28.2 Å². The monoisotopic (exact) mass is 220 g/mol. The summed E-state index contributed by atoms with van der Waals surface area (Å²) in [4.78, 5) is 6.67. The first-order valence-corrected chi connectivity index (χ1v) is 5.98. The predicted octanol–water partition coefficient (Wildman–Crippen LogP) is 1.02. The summed E-state index contributed by atoms with van der Waals surface area (Å²) in [5.74, 6) is 0.674. The number of pyridine rings is 1. The van der Waals surface area contributed by atoms with Crippen LogP contribution in [0.4, 0.5) is 5.82 Å². The van der Waals surface area contributed by atoms with Gasteiger partial charge in [0.1, 0.15) is 5.82 Å². The van der Waals surface area contributed by atoms with Gasteiger partial charge >= 0.3 is 0 Å². The number of nitrogens with two attached hydrogens (primary N) is 1. The second kappa shape index (κ2) is 5.27. The number of anilines is 1. The molecule has 0 spiro atoms. The molecule has 0 aromatic carbocycles. The van der Waals surface area contributed by atoms with Gasteiger partial charge in [0.25, 0.3) is 0 Å². The Labute approximate surface area is 96.8 Å². The fourth-order valence-electron chi connectivity index (χ4n) is 2.38. The average Bonchev–Trinajstić information content (AvgIpc) is 2.34. The van der Waals surface area contributed by atoms with Crippen LogP contribution < -0.4 is 11.1 Å². The molecule has 2 heterocycles. The molecule has 4 heteroatoms. The normalized spacial score (nSPS) is 19.6. The van der Waals surface area contributed by atoms with E-state index in [-0.39, 0.29) is 0 Å². The summed E-state index contributed by atoms with van der Waals surface area (Å²) < 4.78 is 0. The van der Waals surface area contributed by atoms with Gasteiger partial charge in [0.05, 0.1) is 0 Å². The van der Waals surface area contributed by atoms with Crippen LogP contribution in [0.1, 0.15) is 24.9 Å². The number of hydrogen-bond acceptors (Lipinski definition) is 4. The molecule has 3 N–H and O–H groups in total. The molecule has 0 bridgehead atoms. The van der Waals surface area contributed by atoms with Gasteiger partial charge in [0.2, 0.25) is 0 Å². The minimum Gasteiger partial charge on any atom is -0.383 e. The molecule has 1 aliphatic rings. The second-order valence-electron chi connectivity index (χ2n) is 4.19. The summed E-state index contributed by atoms with van der Waals surface area (Å²) in [6, 6.07) is 4.48. The highest BCUT2D eigenvalue weighted by molar-refractivity contribution is 5.40. The Balaban J connectivity index is 2.18. The molecule has 1 atom stereocenters. The SMILES string of the molecule is CC[C@H](c1cccnc1N)N1CCNCC1. The molecule has 1 saturated heterocycles. The molecule has 1 fully saturated rings. The van der Waals surface area contributed by atoms with Gasteiger partial charge in [-0.1, -0.05) is 13.0 Å². The molecule has 16 heavy (non-hydrogen) atoms. The summed E-state index contributed by atoms with van der Waals surface area (Å²) in [5.41, 5.74) is 7.12. The highest BCUT2D eigenvalue weighted by atomic mass is 15.2. The third kappa shape index (κ3) is 2.33. The van der Waals surface area contributed by atoms with Gasteiger partial charge in [-0.2, -0.15) is 0 Å². The zero-order chi connectivity index (χ0) is 11.4. The first-order chi connectivity index (χ1) is 7.83. The maximum absolute atomic E-state index is 5.95. The first-order valence-electron chi connectivity index (χ1n) is 5.98. The fourth-order valence-corrected chi connectivity index (χ4v) is 2.38. The Morgan fingerprint density at radius 2 is 2.25 bits per heavy atom. The number of nitrogens with zero attached hydrogens (tertiary/aromatic N) is 2. The summed E-state index contributed by atoms with van der Waals surface area (Å²) in [5, 5.41) is 3.37. The number of aromatic nitrogens is 1. The van der Waals surface area contributed by atoms with Crippen LogP contribution >= 0.6 is 0 Å². The number of hydrogen-bond donors (Lipinski definition) is 2. The van der Waals surface area contributed by atoms with Crippen LogP contribution in [-0.4, -0.2) is 36.1 Å². The quantitative estimate of drug-likeness (QED) is 0.798. The molecular formula is C12H20N4. The number of nitrogens with one attached hydrogen (secondary N) is 1. The van der Waals surface area contributed by atoms with Crippen LogP contribution in [0.25, 0.3) is 0 Å². The number of rotatable bonds is 3. The lowest BCUT2D eigenvalue weighted by molar-refractivity contribution is 0.169. The molecule has 0 aliphatic carbocycles. The van der Waals surface area contributed by atoms with Gasteiger partial charge in [-0.3, -0.25) is 4.90 Å².